The summed E-state index contributed by atoms with van der Waals surface area (Å²) in [4.78, 5) is 6.78. The number of benzene rings is 1. The van der Waals surface area contributed by atoms with Crippen LogP contribution < -0.4 is 0 Å². The van der Waals surface area contributed by atoms with Gasteiger partial charge in [0.15, 0.2) is 5.82 Å². The SMILES string of the molecule is CCn1c(CN2CCCC[C@@H]2CO)nc2c(F)cccc21. The lowest BCUT2D eigenvalue weighted by molar-refractivity contribution is 0.0811. The van der Waals surface area contributed by atoms with E-state index >= 15 is 0 Å². The summed E-state index contributed by atoms with van der Waals surface area (Å²) in [7, 11) is 0. The third-order valence-corrected chi connectivity index (χ3v) is 4.43. The van der Waals surface area contributed by atoms with Gasteiger partial charge in [-0.2, -0.15) is 0 Å². The normalized spacial score (nSPS) is 20.2. The van der Waals surface area contributed by atoms with Gasteiger partial charge in [-0.3, -0.25) is 4.90 Å². The predicted molar refractivity (Wildman–Crippen MR) is 80.5 cm³/mol. The maximum atomic E-state index is 13.9. The zero-order valence-corrected chi connectivity index (χ0v) is 12.4. The number of para-hydroxylation sites is 1. The van der Waals surface area contributed by atoms with E-state index in [2.05, 4.69) is 21.4 Å². The lowest BCUT2D eigenvalue weighted by Gasteiger charge is -2.34. The second-order valence-electron chi connectivity index (χ2n) is 5.68. The highest BCUT2D eigenvalue weighted by Crippen LogP contribution is 2.23. The Balaban J connectivity index is 1.94. The highest BCUT2D eigenvalue weighted by molar-refractivity contribution is 5.76. The fourth-order valence-corrected chi connectivity index (χ4v) is 3.29. The molecule has 0 bridgehead atoms. The molecule has 2 heterocycles. The molecule has 1 aromatic heterocycles. The van der Waals surface area contributed by atoms with Crippen molar-refractivity contribution in [2.75, 3.05) is 13.2 Å². The molecule has 2 aromatic rings. The van der Waals surface area contributed by atoms with Crippen LogP contribution in [0.25, 0.3) is 11.0 Å². The van der Waals surface area contributed by atoms with Crippen molar-refractivity contribution in [3.8, 4) is 0 Å². The minimum Gasteiger partial charge on any atom is -0.395 e. The van der Waals surface area contributed by atoms with Gasteiger partial charge in [-0.15, -0.1) is 0 Å². The largest absolute Gasteiger partial charge is 0.395 e. The smallest absolute Gasteiger partial charge is 0.151 e. The molecule has 0 saturated carbocycles. The van der Waals surface area contributed by atoms with Gasteiger partial charge in [-0.05, 0) is 38.4 Å². The molecular weight excluding hydrogens is 269 g/mol. The first-order chi connectivity index (χ1) is 10.2. The molecule has 0 amide bonds. The Morgan fingerprint density at radius 3 is 3.00 bits per heavy atom. The standard InChI is InChI=1S/C16H22FN3O/c1-2-20-14-8-5-7-13(17)16(14)18-15(20)10-19-9-4-3-6-12(19)11-21/h5,7-8,12,21H,2-4,6,9-11H2,1H3/t12-/m1/s1. The van der Waals surface area contributed by atoms with Crippen molar-refractivity contribution < 1.29 is 9.50 Å². The Kier molecular flexibility index (Phi) is 4.22. The molecule has 21 heavy (non-hydrogen) atoms. The van der Waals surface area contributed by atoms with Gasteiger partial charge in [0.1, 0.15) is 11.3 Å². The average molecular weight is 291 g/mol. The van der Waals surface area contributed by atoms with Gasteiger partial charge in [0.25, 0.3) is 0 Å². The number of hydrogen-bond acceptors (Lipinski definition) is 3. The summed E-state index contributed by atoms with van der Waals surface area (Å²) in [5.74, 6) is 0.622. The molecule has 0 unspecified atom stereocenters. The number of likely N-dealkylation sites (tertiary alicyclic amines) is 1. The van der Waals surface area contributed by atoms with Crippen LogP contribution in [0.5, 0.6) is 0 Å². The fraction of sp³-hybridized carbons (Fsp3) is 0.562. The van der Waals surface area contributed by atoms with Gasteiger partial charge in [-0.25, -0.2) is 9.37 Å². The molecule has 114 valence electrons. The summed E-state index contributed by atoms with van der Waals surface area (Å²) < 4.78 is 16.0. The van der Waals surface area contributed by atoms with Crippen molar-refractivity contribution in [1.82, 2.24) is 14.5 Å². The van der Waals surface area contributed by atoms with Gasteiger partial charge in [0, 0.05) is 12.6 Å². The van der Waals surface area contributed by atoms with Crippen molar-refractivity contribution in [1.29, 1.82) is 0 Å². The van der Waals surface area contributed by atoms with E-state index in [0.29, 0.717) is 12.1 Å². The number of nitrogens with zero attached hydrogens (tertiary/aromatic N) is 3. The predicted octanol–water partition coefficient (Wildman–Crippen LogP) is 2.54. The van der Waals surface area contributed by atoms with E-state index in [9.17, 15) is 9.50 Å². The number of fused-ring (bicyclic) bond motifs is 1. The molecule has 5 heteroatoms. The summed E-state index contributed by atoms with van der Waals surface area (Å²) >= 11 is 0. The van der Waals surface area contributed by atoms with Crippen LogP contribution in [-0.2, 0) is 13.1 Å². The molecule has 1 saturated heterocycles. The Morgan fingerprint density at radius 1 is 1.38 bits per heavy atom. The average Bonchev–Trinajstić information content (AvgIpc) is 2.86. The van der Waals surface area contributed by atoms with Crippen molar-refractivity contribution in [2.45, 2.75) is 45.3 Å². The molecule has 1 fully saturated rings. The van der Waals surface area contributed by atoms with Crippen molar-refractivity contribution in [3.63, 3.8) is 0 Å². The first kappa shape index (κ1) is 14.5. The third-order valence-electron chi connectivity index (χ3n) is 4.43. The topological polar surface area (TPSA) is 41.3 Å². The first-order valence-electron chi connectivity index (χ1n) is 7.73. The number of aryl methyl sites for hydroxylation is 1. The summed E-state index contributed by atoms with van der Waals surface area (Å²) in [5.41, 5.74) is 1.30. The number of halogens is 1. The number of hydrogen-bond donors (Lipinski definition) is 1. The molecule has 0 aliphatic carbocycles. The first-order valence-corrected chi connectivity index (χ1v) is 7.73. The van der Waals surface area contributed by atoms with Crippen molar-refractivity contribution in [3.05, 3.63) is 29.8 Å². The highest BCUT2D eigenvalue weighted by atomic mass is 19.1. The van der Waals surface area contributed by atoms with E-state index in [4.69, 9.17) is 0 Å². The molecule has 1 aromatic carbocycles. The van der Waals surface area contributed by atoms with Crippen LogP contribution in [0.15, 0.2) is 18.2 Å². The zero-order chi connectivity index (χ0) is 14.8. The van der Waals surface area contributed by atoms with Gasteiger partial charge in [0.05, 0.1) is 18.7 Å². The van der Waals surface area contributed by atoms with Gasteiger partial charge < -0.3 is 9.67 Å². The van der Waals surface area contributed by atoms with Gasteiger partial charge in [0.2, 0.25) is 0 Å². The van der Waals surface area contributed by atoms with Crippen LogP contribution in [0.4, 0.5) is 4.39 Å². The van der Waals surface area contributed by atoms with E-state index in [0.717, 1.165) is 37.3 Å². The minimum absolute atomic E-state index is 0.181. The number of aliphatic hydroxyl groups is 1. The molecule has 0 spiro atoms. The number of imidazole rings is 1. The Labute approximate surface area is 124 Å². The van der Waals surface area contributed by atoms with E-state index in [1.54, 1.807) is 6.07 Å². The Bertz CT molecular complexity index is 625. The molecule has 3 rings (SSSR count). The van der Waals surface area contributed by atoms with Crippen molar-refractivity contribution in [2.24, 2.45) is 0 Å². The van der Waals surface area contributed by atoms with E-state index in [1.807, 2.05) is 6.07 Å². The second-order valence-corrected chi connectivity index (χ2v) is 5.68. The van der Waals surface area contributed by atoms with Crippen LogP contribution in [0.2, 0.25) is 0 Å². The highest BCUT2D eigenvalue weighted by Gasteiger charge is 2.24. The molecule has 4 nitrogen and oxygen atoms in total. The fourth-order valence-electron chi connectivity index (χ4n) is 3.29. The second kappa shape index (κ2) is 6.12. The molecular formula is C16H22FN3O. The molecule has 1 aliphatic heterocycles. The van der Waals surface area contributed by atoms with Crippen molar-refractivity contribution >= 4 is 11.0 Å². The minimum atomic E-state index is -0.265. The van der Waals surface area contributed by atoms with Crippen LogP contribution in [0, 0.1) is 5.82 Å². The molecule has 1 N–H and O–H groups in total. The quantitative estimate of drug-likeness (QED) is 0.941. The third kappa shape index (κ3) is 2.68. The number of piperidine rings is 1. The van der Waals surface area contributed by atoms with Crippen LogP contribution in [-0.4, -0.2) is 38.8 Å². The maximum Gasteiger partial charge on any atom is 0.151 e. The maximum absolute atomic E-state index is 13.9. The lowest BCUT2D eigenvalue weighted by Crippen LogP contribution is -2.41. The van der Waals surface area contributed by atoms with E-state index < -0.39 is 0 Å². The monoisotopic (exact) mass is 291 g/mol. The summed E-state index contributed by atoms with van der Waals surface area (Å²) in [6, 6.07) is 5.30. The number of aliphatic hydroxyl groups excluding tert-OH is 1. The summed E-state index contributed by atoms with van der Waals surface area (Å²) in [6.45, 7) is 4.65. The number of rotatable bonds is 4. The van der Waals surface area contributed by atoms with Gasteiger partial charge in [-0.1, -0.05) is 12.5 Å². The molecule has 0 radical (unpaired) electrons. The van der Waals surface area contributed by atoms with Crippen LogP contribution >= 0.6 is 0 Å². The number of aromatic nitrogens is 2. The molecule has 1 aliphatic rings. The van der Waals surface area contributed by atoms with Crippen LogP contribution in [0.1, 0.15) is 32.0 Å². The Morgan fingerprint density at radius 2 is 2.24 bits per heavy atom. The summed E-state index contributed by atoms with van der Waals surface area (Å²) in [5, 5.41) is 9.52. The Hall–Kier alpha value is -1.46. The van der Waals surface area contributed by atoms with Gasteiger partial charge >= 0.3 is 0 Å². The van der Waals surface area contributed by atoms with E-state index in [1.165, 1.54) is 12.5 Å². The lowest BCUT2D eigenvalue weighted by atomic mass is 10.0. The van der Waals surface area contributed by atoms with Crippen LogP contribution in [0.3, 0.4) is 0 Å². The van der Waals surface area contributed by atoms with E-state index in [-0.39, 0.29) is 18.5 Å². The summed E-state index contributed by atoms with van der Waals surface area (Å²) in [6.07, 6.45) is 3.34. The molecule has 1 atom stereocenters. The zero-order valence-electron chi connectivity index (χ0n) is 12.4.